The van der Waals surface area contributed by atoms with Gasteiger partial charge >= 0.3 is 11.7 Å². The van der Waals surface area contributed by atoms with Crippen molar-refractivity contribution in [1.29, 1.82) is 0 Å². The van der Waals surface area contributed by atoms with Crippen LogP contribution in [0, 0.1) is 21.8 Å². The molecule has 1 unspecified atom stereocenters. The van der Waals surface area contributed by atoms with Gasteiger partial charge in [-0.2, -0.15) is 4.39 Å². The van der Waals surface area contributed by atoms with Gasteiger partial charge in [0.25, 0.3) is 0 Å². The van der Waals surface area contributed by atoms with E-state index in [0.29, 0.717) is 5.56 Å². The molecule has 0 saturated heterocycles. The molecule has 2 N–H and O–H groups in total. The summed E-state index contributed by atoms with van der Waals surface area (Å²) in [4.78, 5) is 20.7. The summed E-state index contributed by atoms with van der Waals surface area (Å²) in [6, 6.07) is 2.91. The predicted octanol–water partition coefficient (Wildman–Crippen LogP) is 1.69. The van der Waals surface area contributed by atoms with Crippen LogP contribution in [0.5, 0.6) is 0 Å². The van der Waals surface area contributed by atoms with Gasteiger partial charge in [0.2, 0.25) is 5.82 Å². The fraction of sp³-hybridized carbons (Fsp3) is 0.417. The van der Waals surface area contributed by atoms with Gasteiger partial charge in [-0.15, -0.1) is 0 Å². The summed E-state index contributed by atoms with van der Waals surface area (Å²) in [6.07, 6.45) is 1.75. The van der Waals surface area contributed by atoms with Crippen molar-refractivity contribution in [3.05, 3.63) is 39.7 Å². The zero-order valence-corrected chi connectivity index (χ0v) is 10.0. The van der Waals surface area contributed by atoms with E-state index in [4.69, 9.17) is 5.11 Å². The van der Waals surface area contributed by atoms with Crippen LogP contribution in [-0.2, 0) is 11.3 Å². The van der Waals surface area contributed by atoms with Crippen LogP contribution < -0.4 is 5.32 Å². The Morgan fingerprint density at radius 3 is 2.74 bits per heavy atom. The lowest BCUT2D eigenvalue weighted by Crippen LogP contribution is -2.38. The SMILES string of the molecule is O=C(O)C(NCc1ccc([N+](=O)[O-])c(F)c1)C1CC1. The minimum Gasteiger partial charge on any atom is -0.480 e. The largest absolute Gasteiger partial charge is 0.480 e. The lowest BCUT2D eigenvalue weighted by Gasteiger charge is -2.13. The van der Waals surface area contributed by atoms with Crippen LogP contribution in [0.3, 0.4) is 0 Å². The number of halogens is 1. The molecule has 1 aromatic carbocycles. The number of nitrogens with zero attached hydrogens (tertiary/aromatic N) is 1. The van der Waals surface area contributed by atoms with Gasteiger partial charge in [0.15, 0.2) is 0 Å². The topological polar surface area (TPSA) is 92.5 Å². The molecule has 1 fully saturated rings. The number of benzene rings is 1. The maximum atomic E-state index is 13.4. The molecule has 7 heteroatoms. The van der Waals surface area contributed by atoms with Gasteiger partial charge in [0, 0.05) is 12.6 Å². The Hall–Kier alpha value is -2.02. The van der Waals surface area contributed by atoms with Gasteiger partial charge in [0.05, 0.1) is 4.92 Å². The smallest absolute Gasteiger partial charge is 0.320 e. The molecule has 102 valence electrons. The Morgan fingerprint density at radius 1 is 1.58 bits per heavy atom. The van der Waals surface area contributed by atoms with Gasteiger partial charge in [-0.25, -0.2) is 0 Å². The summed E-state index contributed by atoms with van der Waals surface area (Å²) in [5.41, 5.74) is -0.101. The number of aliphatic carboxylic acids is 1. The standard InChI is InChI=1S/C12H13FN2O4/c13-9-5-7(1-4-10(9)15(18)19)6-14-11(12(16)17)8-2-3-8/h1,4-5,8,11,14H,2-3,6H2,(H,16,17). The minimum absolute atomic E-state index is 0.125. The summed E-state index contributed by atoms with van der Waals surface area (Å²) in [5, 5.41) is 22.3. The summed E-state index contributed by atoms with van der Waals surface area (Å²) >= 11 is 0. The first-order valence-corrected chi connectivity index (χ1v) is 5.88. The first-order chi connectivity index (χ1) is 8.99. The molecule has 0 aliphatic heterocycles. The number of nitro groups is 1. The Balaban J connectivity index is 2.01. The van der Waals surface area contributed by atoms with Crippen molar-refractivity contribution >= 4 is 11.7 Å². The molecule has 0 bridgehead atoms. The molecule has 0 aromatic heterocycles. The summed E-state index contributed by atoms with van der Waals surface area (Å²) in [7, 11) is 0. The van der Waals surface area contributed by atoms with Gasteiger partial charge < -0.3 is 10.4 Å². The highest BCUT2D eigenvalue weighted by atomic mass is 19.1. The second kappa shape index (κ2) is 5.31. The highest BCUT2D eigenvalue weighted by Crippen LogP contribution is 2.32. The number of nitro benzene ring substituents is 1. The molecular weight excluding hydrogens is 255 g/mol. The Bertz CT molecular complexity index is 516. The molecule has 1 saturated carbocycles. The maximum absolute atomic E-state index is 13.4. The second-order valence-electron chi connectivity index (χ2n) is 4.58. The van der Waals surface area contributed by atoms with Gasteiger partial charge in [-0.05, 0) is 30.4 Å². The second-order valence-corrected chi connectivity index (χ2v) is 4.58. The summed E-state index contributed by atoms with van der Waals surface area (Å²) in [6.45, 7) is 0.169. The van der Waals surface area contributed by atoms with E-state index >= 15 is 0 Å². The van der Waals surface area contributed by atoms with Crippen molar-refractivity contribution in [1.82, 2.24) is 5.32 Å². The van der Waals surface area contributed by atoms with Crippen molar-refractivity contribution in [2.75, 3.05) is 0 Å². The Labute approximate surface area is 108 Å². The molecule has 0 amide bonds. The first kappa shape index (κ1) is 13.4. The number of carboxylic acids is 1. The van der Waals surface area contributed by atoms with E-state index in [-0.39, 0.29) is 12.5 Å². The van der Waals surface area contributed by atoms with E-state index in [0.717, 1.165) is 25.0 Å². The summed E-state index contributed by atoms with van der Waals surface area (Å²) in [5.74, 6) is -1.71. The molecule has 1 aliphatic carbocycles. The third kappa shape index (κ3) is 3.25. The summed E-state index contributed by atoms with van der Waals surface area (Å²) < 4.78 is 13.4. The van der Waals surface area contributed by atoms with Crippen molar-refractivity contribution in [3.8, 4) is 0 Å². The number of carbonyl (C=O) groups is 1. The van der Waals surface area contributed by atoms with Crippen molar-refractivity contribution in [3.63, 3.8) is 0 Å². The van der Waals surface area contributed by atoms with Gasteiger partial charge in [0.1, 0.15) is 6.04 Å². The van der Waals surface area contributed by atoms with Crippen LogP contribution in [0.25, 0.3) is 0 Å². The van der Waals surface area contributed by atoms with E-state index in [1.807, 2.05) is 0 Å². The minimum atomic E-state index is -0.926. The van der Waals surface area contributed by atoms with Gasteiger partial charge in [-0.3, -0.25) is 14.9 Å². The van der Waals surface area contributed by atoms with E-state index in [1.54, 1.807) is 0 Å². The molecule has 0 heterocycles. The van der Waals surface area contributed by atoms with Crippen molar-refractivity contribution in [2.45, 2.75) is 25.4 Å². The van der Waals surface area contributed by atoms with E-state index in [1.165, 1.54) is 6.07 Å². The quantitative estimate of drug-likeness (QED) is 0.605. The normalized spacial score (nSPS) is 16.1. The van der Waals surface area contributed by atoms with Crippen LogP contribution in [-0.4, -0.2) is 22.0 Å². The van der Waals surface area contributed by atoms with Crippen LogP contribution in [0.15, 0.2) is 18.2 Å². The van der Waals surface area contributed by atoms with Crippen molar-refractivity contribution < 1.29 is 19.2 Å². The van der Waals surface area contributed by atoms with Crippen LogP contribution in [0.1, 0.15) is 18.4 Å². The maximum Gasteiger partial charge on any atom is 0.320 e. The molecule has 2 rings (SSSR count). The molecule has 0 spiro atoms. The van der Waals surface area contributed by atoms with Crippen molar-refractivity contribution in [2.24, 2.45) is 5.92 Å². The number of carboxylic acid groups (broad SMARTS) is 1. The molecule has 6 nitrogen and oxygen atoms in total. The lowest BCUT2D eigenvalue weighted by molar-refractivity contribution is -0.387. The zero-order chi connectivity index (χ0) is 14.0. The number of hydrogen-bond donors (Lipinski definition) is 2. The van der Waals surface area contributed by atoms with Crippen LogP contribution in [0.2, 0.25) is 0 Å². The van der Waals surface area contributed by atoms with E-state index in [9.17, 15) is 19.3 Å². The number of nitrogens with one attached hydrogen (secondary N) is 1. The molecule has 1 aliphatic rings. The average Bonchev–Trinajstić information content (AvgIpc) is 3.12. The number of hydrogen-bond acceptors (Lipinski definition) is 4. The monoisotopic (exact) mass is 268 g/mol. The molecule has 1 aromatic rings. The highest BCUT2D eigenvalue weighted by molar-refractivity contribution is 5.74. The fourth-order valence-electron chi connectivity index (χ4n) is 1.92. The van der Waals surface area contributed by atoms with Crippen LogP contribution >= 0.6 is 0 Å². The van der Waals surface area contributed by atoms with E-state index in [2.05, 4.69) is 5.32 Å². The Morgan fingerprint density at radius 2 is 2.26 bits per heavy atom. The average molecular weight is 268 g/mol. The first-order valence-electron chi connectivity index (χ1n) is 5.88. The third-order valence-electron chi connectivity index (χ3n) is 3.09. The molecule has 0 radical (unpaired) electrons. The third-order valence-corrected chi connectivity index (χ3v) is 3.09. The zero-order valence-electron chi connectivity index (χ0n) is 10.0. The number of rotatable bonds is 6. The van der Waals surface area contributed by atoms with Crippen LogP contribution in [0.4, 0.5) is 10.1 Å². The highest BCUT2D eigenvalue weighted by Gasteiger charge is 2.35. The lowest BCUT2D eigenvalue weighted by atomic mass is 10.1. The molecule has 19 heavy (non-hydrogen) atoms. The van der Waals surface area contributed by atoms with Gasteiger partial charge in [-0.1, -0.05) is 6.07 Å². The Kier molecular flexibility index (Phi) is 3.75. The van der Waals surface area contributed by atoms with E-state index < -0.39 is 28.4 Å². The molecule has 1 atom stereocenters. The molecular formula is C12H13FN2O4. The predicted molar refractivity (Wildman–Crippen MR) is 64.0 cm³/mol. The fourth-order valence-corrected chi connectivity index (χ4v) is 1.92.